The first-order chi connectivity index (χ1) is 18.1. The predicted octanol–water partition coefficient (Wildman–Crippen LogP) is 1.31. The number of nitrogens with zero attached hydrogens (tertiary/aromatic N) is 1. The Morgan fingerprint density at radius 1 is 1.08 bits per heavy atom. The molecule has 4 atom stereocenters. The molecule has 0 radical (unpaired) electrons. The summed E-state index contributed by atoms with van der Waals surface area (Å²) < 4.78 is 34.8. The largest absolute Gasteiger partial charge is 0.436 e. The number of ether oxygens (including phenoxy) is 1. The summed E-state index contributed by atoms with van der Waals surface area (Å²) in [4.78, 5) is 52.7. The van der Waals surface area contributed by atoms with Crippen molar-refractivity contribution < 1.29 is 32.3 Å². The average molecular weight is 548 g/mol. The molecule has 2 aliphatic heterocycles. The molecule has 1 aromatic rings. The Balaban J connectivity index is 1.55. The number of anilines is 1. The number of allylic oxidation sites excluding steroid dienone is 1. The van der Waals surface area contributed by atoms with Crippen LogP contribution in [0, 0.1) is 5.92 Å². The Hall–Kier alpha value is -3.61. The Labute approximate surface area is 221 Å². The third-order valence-electron chi connectivity index (χ3n) is 7.10. The highest BCUT2D eigenvalue weighted by Crippen LogP contribution is 2.45. The molecule has 4 unspecified atom stereocenters. The molecular formula is C25H33N5O7S. The zero-order valence-electron chi connectivity index (χ0n) is 20.9. The van der Waals surface area contributed by atoms with E-state index in [0.717, 1.165) is 12.8 Å². The van der Waals surface area contributed by atoms with Gasteiger partial charge < -0.3 is 20.7 Å². The van der Waals surface area contributed by atoms with Crippen LogP contribution in [-0.4, -0.2) is 61.4 Å². The lowest BCUT2D eigenvalue weighted by molar-refractivity contribution is -0.146. The van der Waals surface area contributed by atoms with E-state index in [1.165, 1.54) is 17.0 Å². The molecule has 4 amide bonds. The van der Waals surface area contributed by atoms with Gasteiger partial charge in [0.1, 0.15) is 11.6 Å². The number of rotatable bonds is 5. The molecule has 1 aromatic carbocycles. The van der Waals surface area contributed by atoms with Crippen LogP contribution in [-0.2, 0) is 29.3 Å². The zero-order valence-corrected chi connectivity index (χ0v) is 21.7. The molecule has 3 aliphatic rings. The Bertz CT molecular complexity index is 1210. The van der Waals surface area contributed by atoms with Crippen LogP contribution < -0.4 is 20.5 Å². The van der Waals surface area contributed by atoms with Gasteiger partial charge in [-0.05, 0) is 57.1 Å². The van der Waals surface area contributed by atoms with E-state index in [9.17, 15) is 27.6 Å². The van der Waals surface area contributed by atoms with Gasteiger partial charge in [0, 0.05) is 12.5 Å². The van der Waals surface area contributed by atoms with E-state index in [1.54, 1.807) is 18.2 Å². The monoisotopic (exact) mass is 547 g/mol. The molecule has 38 heavy (non-hydrogen) atoms. The number of nitrogens with two attached hydrogens (primary N) is 1. The fourth-order valence-corrected chi connectivity index (χ4v) is 6.00. The van der Waals surface area contributed by atoms with Gasteiger partial charge in [-0.3, -0.25) is 19.1 Å². The van der Waals surface area contributed by atoms with Crippen LogP contribution in [0.15, 0.2) is 42.5 Å². The lowest BCUT2D eigenvalue weighted by Crippen LogP contribution is -2.57. The molecule has 0 spiro atoms. The van der Waals surface area contributed by atoms with Gasteiger partial charge in [0.2, 0.25) is 5.91 Å². The number of amides is 4. The van der Waals surface area contributed by atoms with Crippen molar-refractivity contribution in [1.82, 2.24) is 14.9 Å². The summed E-state index contributed by atoms with van der Waals surface area (Å²) in [6, 6.07) is 7.21. The van der Waals surface area contributed by atoms with E-state index in [2.05, 4.69) is 10.0 Å². The second-order valence-electron chi connectivity index (χ2n) is 9.86. The van der Waals surface area contributed by atoms with Crippen molar-refractivity contribution in [3.63, 3.8) is 0 Å². The van der Waals surface area contributed by atoms with E-state index >= 15 is 0 Å². The average Bonchev–Trinajstić information content (AvgIpc) is 3.32. The fourth-order valence-electron chi connectivity index (χ4n) is 5.08. The van der Waals surface area contributed by atoms with Crippen molar-refractivity contribution in [3.05, 3.63) is 42.5 Å². The lowest BCUT2D eigenvalue weighted by atomic mass is 10.1. The number of carbonyl (C=O) groups is 4. The number of hydrogen-bond acceptors (Lipinski definition) is 7. The zero-order chi connectivity index (χ0) is 27.3. The summed E-state index contributed by atoms with van der Waals surface area (Å²) in [7, 11) is -4.27. The van der Waals surface area contributed by atoms with E-state index in [1.807, 2.05) is 16.9 Å². The summed E-state index contributed by atoms with van der Waals surface area (Å²) in [5.74, 6) is -2.34. The van der Waals surface area contributed by atoms with Crippen molar-refractivity contribution in [1.29, 1.82) is 0 Å². The van der Waals surface area contributed by atoms with Gasteiger partial charge in [-0.25, -0.2) is 9.52 Å². The highest BCUT2D eigenvalue weighted by atomic mass is 32.2. The minimum atomic E-state index is -4.27. The molecule has 5 N–H and O–H groups in total. The first kappa shape index (κ1) is 27.4. The summed E-state index contributed by atoms with van der Waals surface area (Å²) in [5.41, 5.74) is 3.99. The third-order valence-corrected chi connectivity index (χ3v) is 8.06. The van der Waals surface area contributed by atoms with Gasteiger partial charge in [-0.15, -0.1) is 0 Å². The summed E-state index contributed by atoms with van der Waals surface area (Å²) in [6.45, 7) is 0.285. The maximum atomic E-state index is 13.4. The third kappa shape index (κ3) is 6.44. The van der Waals surface area contributed by atoms with Gasteiger partial charge in [-0.2, -0.15) is 8.42 Å². The summed E-state index contributed by atoms with van der Waals surface area (Å²) in [5, 5.41) is 2.75. The standard InChI is InChI=1S/C25H33N5O7S/c26-24(34)37-20-14-8-3-1-2-5-10-17-16-25(17,27-21(31)19-13-9-15-30(19)22(20)32)23(33)29-38(35,36)28-18-11-6-4-7-12-18/h4-7,10-12,17,19-20,28H,1-3,8-9,13-16H2,(H2,26,34)(H,27,31)(H,29,33)/b10-5-. The van der Waals surface area contributed by atoms with Crippen LogP contribution in [0.2, 0.25) is 0 Å². The summed E-state index contributed by atoms with van der Waals surface area (Å²) >= 11 is 0. The van der Waals surface area contributed by atoms with Crippen LogP contribution in [0.1, 0.15) is 51.4 Å². The van der Waals surface area contributed by atoms with Crippen LogP contribution in [0.3, 0.4) is 0 Å². The van der Waals surface area contributed by atoms with Crippen LogP contribution in [0.4, 0.5) is 10.5 Å². The van der Waals surface area contributed by atoms with Crippen LogP contribution >= 0.6 is 0 Å². The number of nitrogens with one attached hydrogen (secondary N) is 3. The first-order valence-electron chi connectivity index (χ1n) is 12.8. The van der Waals surface area contributed by atoms with Crippen molar-refractivity contribution in [2.75, 3.05) is 11.3 Å². The Morgan fingerprint density at radius 3 is 2.58 bits per heavy atom. The lowest BCUT2D eigenvalue weighted by Gasteiger charge is -2.29. The molecule has 2 fully saturated rings. The number of carbonyl (C=O) groups excluding carboxylic acids is 4. The van der Waals surface area contributed by atoms with E-state index in [4.69, 9.17) is 10.5 Å². The summed E-state index contributed by atoms with van der Waals surface area (Å²) in [6.07, 6.45) is 5.88. The SMILES string of the molecule is NC(=O)OC1CCCCC/C=C\C2CC2(C(=O)NS(=O)(=O)Nc2ccccc2)NC(=O)C2CCCN2C1=O. The number of primary amides is 1. The van der Waals surface area contributed by atoms with E-state index < -0.39 is 57.6 Å². The minimum absolute atomic E-state index is 0.218. The molecular weight excluding hydrogens is 514 g/mol. The molecule has 1 saturated heterocycles. The van der Waals surface area contributed by atoms with Crippen molar-refractivity contribution in [3.8, 4) is 0 Å². The van der Waals surface area contributed by atoms with Gasteiger partial charge in [0.25, 0.3) is 11.8 Å². The van der Waals surface area contributed by atoms with Gasteiger partial charge in [-0.1, -0.05) is 36.8 Å². The van der Waals surface area contributed by atoms with Gasteiger partial charge in [0.15, 0.2) is 6.10 Å². The second-order valence-corrected chi connectivity index (χ2v) is 11.3. The predicted molar refractivity (Wildman–Crippen MR) is 138 cm³/mol. The van der Waals surface area contributed by atoms with E-state index in [-0.39, 0.29) is 25.1 Å². The Morgan fingerprint density at radius 2 is 1.84 bits per heavy atom. The highest BCUT2D eigenvalue weighted by Gasteiger charge is 2.61. The molecule has 12 nitrogen and oxygen atoms in total. The van der Waals surface area contributed by atoms with Crippen LogP contribution in [0.5, 0.6) is 0 Å². The minimum Gasteiger partial charge on any atom is -0.436 e. The van der Waals surface area contributed by atoms with E-state index in [0.29, 0.717) is 25.7 Å². The number of benzene rings is 1. The van der Waals surface area contributed by atoms with Gasteiger partial charge in [0.05, 0.1) is 5.69 Å². The van der Waals surface area contributed by atoms with Crippen molar-refractivity contribution in [2.24, 2.45) is 11.7 Å². The number of para-hydroxylation sites is 1. The number of fused-ring (bicyclic) bond motifs is 2. The molecule has 0 aromatic heterocycles. The van der Waals surface area contributed by atoms with Crippen molar-refractivity contribution in [2.45, 2.75) is 69.1 Å². The smallest absolute Gasteiger partial charge is 0.405 e. The topological polar surface area (TPSA) is 177 Å². The molecule has 206 valence electrons. The first-order valence-corrected chi connectivity index (χ1v) is 14.2. The second kappa shape index (κ2) is 11.4. The molecule has 2 heterocycles. The quantitative estimate of drug-likeness (QED) is 0.402. The number of hydrogen-bond donors (Lipinski definition) is 4. The Kier molecular flexibility index (Phi) is 8.24. The van der Waals surface area contributed by atoms with Gasteiger partial charge >= 0.3 is 16.3 Å². The van der Waals surface area contributed by atoms with Crippen molar-refractivity contribution >= 4 is 39.7 Å². The maximum absolute atomic E-state index is 13.4. The highest BCUT2D eigenvalue weighted by molar-refractivity contribution is 7.91. The van der Waals surface area contributed by atoms with Crippen LogP contribution in [0.25, 0.3) is 0 Å². The molecule has 1 saturated carbocycles. The molecule has 1 aliphatic carbocycles. The fraction of sp³-hybridized carbons (Fsp3) is 0.520. The molecule has 13 heteroatoms. The normalized spacial score (nSPS) is 28.9. The molecule has 0 bridgehead atoms. The molecule has 4 rings (SSSR count). The maximum Gasteiger partial charge on any atom is 0.405 e.